The number of carbonyl (C=O) groups excluding carboxylic acids is 2. The number of ether oxygens (including phenoxy) is 1. The van der Waals surface area contributed by atoms with E-state index in [1.807, 2.05) is 18.2 Å². The normalized spacial score (nSPS) is 19.4. The number of rotatable bonds is 5. The maximum absolute atomic E-state index is 12.4. The highest BCUT2D eigenvalue weighted by Gasteiger charge is 2.31. The highest BCUT2D eigenvalue weighted by atomic mass is 32.2. The lowest BCUT2D eigenvalue weighted by Crippen LogP contribution is -2.42. The second-order valence-electron chi connectivity index (χ2n) is 6.42. The molecule has 2 aromatic rings. The molecular formula is C17H20N4O5S. The maximum Gasteiger partial charge on any atom is 0.361 e. The van der Waals surface area contributed by atoms with Gasteiger partial charge in [-0.3, -0.25) is 4.79 Å². The van der Waals surface area contributed by atoms with Crippen molar-refractivity contribution in [1.29, 1.82) is 0 Å². The first-order valence-electron chi connectivity index (χ1n) is 8.46. The second kappa shape index (κ2) is 7.47. The minimum absolute atomic E-state index is 0.0157. The Balaban J connectivity index is 1.63. The van der Waals surface area contributed by atoms with Gasteiger partial charge in [0.1, 0.15) is 0 Å². The van der Waals surface area contributed by atoms with Crippen LogP contribution in [-0.4, -0.2) is 58.9 Å². The lowest BCUT2D eigenvalue weighted by atomic mass is 10.2. The topological polar surface area (TPSA) is 120 Å². The number of aryl methyl sites for hydroxylation is 1. The van der Waals surface area contributed by atoms with Gasteiger partial charge in [0, 0.05) is 6.04 Å². The number of nitrogens with zero attached hydrogens (tertiary/aromatic N) is 3. The van der Waals surface area contributed by atoms with Crippen LogP contribution in [0.1, 0.15) is 29.5 Å². The smallest absolute Gasteiger partial charge is 0.361 e. The molecule has 0 spiro atoms. The minimum atomic E-state index is -3.11. The minimum Gasteiger partial charge on any atom is -0.448 e. The zero-order chi connectivity index (χ0) is 19.6. The number of carbonyl (C=O) groups is 2. The molecule has 1 saturated heterocycles. The summed E-state index contributed by atoms with van der Waals surface area (Å²) in [5, 5.41) is 10.9. The fourth-order valence-electron chi connectivity index (χ4n) is 2.74. The highest BCUT2D eigenvalue weighted by molar-refractivity contribution is 7.91. The van der Waals surface area contributed by atoms with Crippen LogP contribution in [-0.2, 0) is 19.4 Å². The highest BCUT2D eigenvalue weighted by Crippen LogP contribution is 2.13. The molecule has 1 N–H and O–H groups in total. The predicted octanol–water partition coefficient (Wildman–Crippen LogP) is 0.424. The molecule has 0 aliphatic carbocycles. The molecule has 1 amide bonds. The summed E-state index contributed by atoms with van der Waals surface area (Å²) >= 11 is 0. The molecule has 27 heavy (non-hydrogen) atoms. The van der Waals surface area contributed by atoms with E-state index in [-0.39, 0.29) is 17.2 Å². The fourth-order valence-corrected chi connectivity index (χ4v) is 4.41. The fraction of sp³-hybridized carbons (Fsp3) is 0.412. The van der Waals surface area contributed by atoms with Crippen molar-refractivity contribution >= 4 is 21.7 Å². The predicted molar refractivity (Wildman–Crippen MR) is 96.2 cm³/mol. The Kier molecular flexibility index (Phi) is 5.26. The van der Waals surface area contributed by atoms with Gasteiger partial charge in [0.15, 0.2) is 21.6 Å². The Hall–Kier alpha value is -2.75. The number of esters is 1. The number of amides is 1. The summed E-state index contributed by atoms with van der Waals surface area (Å²) < 4.78 is 28.1. The van der Waals surface area contributed by atoms with E-state index in [0.717, 1.165) is 0 Å². The van der Waals surface area contributed by atoms with Crippen LogP contribution < -0.4 is 5.32 Å². The summed E-state index contributed by atoms with van der Waals surface area (Å²) in [5.74, 6) is -1.35. The average Bonchev–Trinajstić information content (AvgIpc) is 3.17. The first kappa shape index (κ1) is 19.0. The van der Waals surface area contributed by atoms with Gasteiger partial charge in [-0.2, -0.15) is 9.90 Å². The molecule has 1 aliphatic rings. The Bertz CT molecular complexity index is 955. The third kappa shape index (κ3) is 4.51. The van der Waals surface area contributed by atoms with Crippen LogP contribution in [0.4, 0.5) is 0 Å². The maximum atomic E-state index is 12.4. The van der Waals surface area contributed by atoms with Crippen molar-refractivity contribution in [3.63, 3.8) is 0 Å². The number of sulfone groups is 1. The second-order valence-corrected chi connectivity index (χ2v) is 8.64. The Morgan fingerprint density at radius 3 is 2.59 bits per heavy atom. The summed E-state index contributed by atoms with van der Waals surface area (Å²) in [5.41, 5.74) is 1.08. The monoisotopic (exact) mass is 392 g/mol. The molecule has 1 aliphatic heterocycles. The summed E-state index contributed by atoms with van der Waals surface area (Å²) in [6, 6.07) is 8.62. The molecule has 0 bridgehead atoms. The molecule has 1 aromatic heterocycles. The van der Waals surface area contributed by atoms with Gasteiger partial charge in [-0.1, -0.05) is 18.2 Å². The third-order valence-electron chi connectivity index (χ3n) is 4.19. The number of hydrogen-bond acceptors (Lipinski definition) is 7. The molecule has 0 saturated carbocycles. The van der Waals surface area contributed by atoms with Crippen LogP contribution >= 0.6 is 0 Å². The molecule has 1 fully saturated rings. The molecule has 2 heterocycles. The average molecular weight is 392 g/mol. The zero-order valence-electron chi connectivity index (χ0n) is 15.0. The summed E-state index contributed by atoms with van der Waals surface area (Å²) in [6.45, 7) is 3.05. The van der Waals surface area contributed by atoms with Gasteiger partial charge < -0.3 is 10.1 Å². The SMILES string of the molecule is Cc1nn(-c2ccccc2)nc1C(=O)O[C@@H](C)C(=O)N[C@@H]1CCS(=O)(=O)C1. The standard InChI is InChI=1S/C17H20N4O5S/c1-11-15(20-21(19-11)14-6-4-3-5-7-14)17(23)26-12(2)16(22)18-13-8-9-27(24,25)10-13/h3-7,12-13H,8-10H2,1-2H3,(H,18,22)/t12-,13+/m0/s1. The first-order valence-corrected chi connectivity index (χ1v) is 10.3. The van der Waals surface area contributed by atoms with Crippen molar-refractivity contribution in [2.24, 2.45) is 0 Å². The van der Waals surface area contributed by atoms with Crippen LogP contribution in [0.25, 0.3) is 5.69 Å². The Morgan fingerprint density at radius 2 is 1.96 bits per heavy atom. The van der Waals surface area contributed by atoms with Gasteiger partial charge in [-0.15, -0.1) is 5.10 Å². The van der Waals surface area contributed by atoms with E-state index < -0.39 is 33.9 Å². The van der Waals surface area contributed by atoms with Crippen LogP contribution in [0, 0.1) is 6.92 Å². The molecule has 2 atom stereocenters. The van der Waals surface area contributed by atoms with Crippen LogP contribution in [0.15, 0.2) is 30.3 Å². The molecule has 0 unspecified atom stereocenters. The van der Waals surface area contributed by atoms with Crippen LogP contribution in [0.2, 0.25) is 0 Å². The van der Waals surface area contributed by atoms with Gasteiger partial charge in [0.2, 0.25) is 0 Å². The Morgan fingerprint density at radius 1 is 1.26 bits per heavy atom. The van der Waals surface area contributed by atoms with E-state index in [9.17, 15) is 18.0 Å². The van der Waals surface area contributed by atoms with Gasteiger partial charge in [0.05, 0.1) is 22.9 Å². The van der Waals surface area contributed by atoms with Crippen molar-refractivity contribution in [3.8, 4) is 5.69 Å². The van der Waals surface area contributed by atoms with Crippen molar-refractivity contribution in [2.45, 2.75) is 32.4 Å². The lowest BCUT2D eigenvalue weighted by Gasteiger charge is -2.16. The van der Waals surface area contributed by atoms with E-state index in [1.54, 1.807) is 19.1 Å². The molecular weight excluding hydrogens is 372 g/mol. The lowest BCUT2D eigenvalue weighted by molar-refractivity contribution is -0.129. The van der Waals surface area contributed by atoms with Crippen molar-refractivity contribution in [1.82, 2.24) is 20.3 Å². The largest absolute Gasteiger partial charge is 0.448 e. The van der Waals surface area contributed by atoms with Gasteiger partial charge in [-0.05, 0) is 32.4 Å². The molecule has 0 radical (unpaired) electrons. The summed E-state index contributed by atoms with van der Waals surface area (Å²) in [4.78, 5) is 25.8. The number of benzene rings is 1. The van der Waals surface area contributed by atoms with Crippen LogP contribution in [0.3, 0.4) is 0 Å². The quantitative estimate of drug-likeness (QED) is 0.732. The van der Waals surface area contributed by atoms with Gasteiger partial charge in [0.25, 0.3) is 5.91 Å². The summed E-state index contributed by atoms with van der Waals surface area (Å²) in [6.07, 6.45) is -0.721. The molecule has 10 heteroatoms. The van der Waals surface area contributed by atoms with E-state index >= 15 is 0 Å². The first-order chi connectivity index (χ1) is 12.7. The number of nitrogens with one attached hydrogen (secondary N) is 1. The van der Waals surface area contributed by atoms with Crippen LogP contribution in [0.5, 0.6) is 0 Å². The van der Waals surface area contributed by atoms with Crippen molar-refractivity contribution in [3.05, 3.63) is 41.7 Å². The van der Waals surface area contributed by atoms with Gasteiger partial charge >= 0.3 is 5.97 Å². The molecule has 9 nitrogen and oxygen atoms in total. The van der Waals surface area contributed by atoms with Gasteiger partial charge in [-0.25, -0.2) is 13.2 Å². The van der Waals surface area contributed by atoms with Crippen molar-refractivity contribution in [2.75, 3.05) is 11.5 Å². The molecule has 1 aromatic carbocycles. The molecule has 144 valence electrons. The number of para-hydroxylation sites is 1. The third-order valence-corrected chi connectivity index (χ3v) is 5.96. The molecule has 3 rings (SSSR count). The number of aromatic nitrogens is 3. The van der Waals surface area contributed by atoms with E-state index in [2.05, 4.69) is 15.5 Å². The Labute approximate surface area is 156 Å². The van der Waals surface area contributed by atoms with E-state index in [0.29, 0.717) is 17.8 Å². The zero-order valence-corrected chi connectivity index (χ0v) is 15.8. The number of hydrogen-bond donors (Lipinski definition) is 1. The van der Waals surface area contributed by atoms with Crippen molar-refractivity contribution < 1.29 is 22.7 Å². The summed E-state index contributed by atoms with van der Waals surface area (Å²) in [7, 11) is -3.11. The van der Waals surface area contributed by atoms with E-state index in [1.165, 1.54) is 11.7 Å². The van der Waals surface area contributed by atoms with E-state index in [4.69, 9.17) is 4.74 Å².